The third-order valence-corrected chi connectivity index (χ3v) is 6.61. The molecule has 2 amide bonds. The minimum Gasteiger partial charge on any atom is -0.324 e. The zero-order chi connectivity index (χ0) is 22.0. The molecule has 1 fully saturated rings. The van der Waals surface area contributed by atoms with Gasteiger partial charge in [0.2, 0.25) is 11.8 Å². The number of hydrogen-bond acceptors (Lipinski definition) is 5. The molecule has 1 N–H and O–H groups in total. The molecule has 2 aromatic carbocycles. The third-order valence-electron chi connectivity index (χ3n) is 5.60. The Bertz CT molecular complexity index is 1200. The monoisotopic (exact) mass is 430 g/mol. The Labute approximate surface area is 185 Å². The predicted octanol–water partition coefficient (Wildman–Crippen LogP) is 3.81. The van der Waals surface area contributed by atoms with Crippen molar-refractivity contribution < 1.29 is 9.59 Å². The molecule has 1 atom stereocenters. The number of aryl methyl sites for hydroxylation is 2. The van der Waals surface area contributed by atoms with Gasteiger partial charge in [0.05, 0.1) is 29.4 Å². The summed E-state index contributed by atoms with van der Waals surface area (Å²) in [6.45, 7) is 3.95. The summed E-state index contributed by atoms with van der Waals surface area (Å²) in [4.78, 5) is 32.3. The van der Waals surface area contributed by atoms with Crippen LogP contribution >= 0.6 is 11.8 Å². The first-order valence-electron chi connectivity index (χ1n) is 10.0. The van der Waals surface area contributed by atoms with Gasteiger partial charge in [0.15, 0.2) is 0 Å². The maximum atomic E-state index is 13.2. The first-order chi connectivity index (χ1) is 15.0. The number of hydrogen-bond donors (Lipinski definition) is 1. The molecule has 0 aliphatic carbocycles. The number of nitrogens with one attached hydrogen (secondary N) is 1. The van der Waals surface area contributed by atoms with Gasteiger partial charge in [0, 0.05) is 22.5 Å². The van der Waals surface area contributed by atoms with Crippen LogP contribution in [0.15, 0.2) is 48.5 Å². The van der Waals surface area contributed by atoms with E-state index in [4.69, 9.17) is 5.26 Å². The maximum Gasteiger partial charge on any atom is 0.248 e. The quantitative estimate of drug-likeness (QED) is 0.680. The van der Waals surface area contributed by atoms with Crippen LogP contribution in [0.2, 0.25) is 0 Å². The SMILES string of the molecule is Cc1nc2ccccc2c(C)c1CC(=O)N1CSCC1C(=O)Nc1ccc(C#N)cc1. The summed E-state index contributed by atoms with van der Waals surface area (Å²) in [6.07, 6.45) is 0.219. The number of rotatable bonds is 4. The molecular weight excluding hydrogens is 408 g/mol. The average molecular weight is 431 g/mol. The molecule has 0 radical (unpaired) electrons. The number of nitrogens with zero attached hydrogens (tertiary/aromatic N) is 3. The Morgan fingerprint density at radius 3 is 2.68 bits per heavy atom. The lowest BCUT2D eigenvalue weighted by atomic mass is 9.99. The van der Waals surface area contributed by atoms with E-state index in [0.717, 1.165) is 27.7 Å². The number of carbonyl (C=O) groups is 2. The van der Waals surface area contributed by atoms with Crippen LogP contribution in [-0.4, -0.2) is 39.4 Å². The zero-order valence-electron chi connectivity index (χ0n) is 17.4. The van der Waals surface area contributed by atoms with Gasteiger partial charge in [0.1, 0.15) is 6.04 Å². The van der Waals surface area contributed by atoms with Gasteiger partial charge in [-0.1, -0.05) is 18.2 Å². The number of anilines is 1. The lowest BCUT2D eigenvalue weighted by molar-refractivity contribution is -0.135. The zero-order valence-corrected chi connectivity index (χ0v) is 18.2. The molecule has 1 aromatic heterocycles. The average Bonchev–Trinajstić information content (AvgIpc) is 3.27. The van der Waals surface area contributed by atoms with Gasteiger partial charge in [-0.2, -0.15) is 5.26 Å². The minimum atomic E-state index is -0.526. The number of nitriles is 1. The van der Waals surface area contributed by atoms with Crippen LogP contribution in [0.4, 0.5) is 5.69 Å². The number of amides is 2. The summed E-state index contributed by atoms with van der Waals surface area (Å²) in [5.41, 5.74) is 4.88. The van der Waals surface area contributed by atoms with Crippen molar-refractivity contribution in [3.05, 3.63) is 70.9 Å². The van der Waals surface area contributed by atoms with E-state index in [9.17, 15) is 9.59 Å². The fourth-order valence-corrected chi connectivity index (χ4v) is 5.02. The van der Waals surface area contributed by atoms with Crippen molar-refractivity contribution in [3.8, 4) is 6.07 Å². The normalized spacial score (nSPS) is 15.6. The van der Waals surface area contributed by atoms with E-state index in [2.05, 4.69) is 16.4 Å². The Hall–Kier alpha value is -3.37. The fraction of sp³-hybridized carbons (Fsp3) is 0.250. The number of aromatic nitrogens is 1. The third kappa shape index (κ3) is 4.25. The van der Waals surface area contributed by atoms with E-state index in [-0.39, 0.29) is 18.2 Å². The van der Waals surface area contributed by atoms with Crippen molar-refractivity contribution in [3.63, 3.8) is 0 Å². The van der Waals surface area contributed by atoms with E-state index in [1.165, 1.54) is 0 Å². The van der Waals surface area contributed by atoms with Crippen LogP contribution in [-0.2, 0) is 16.0 Å². The highest BCUT2D eigenvalue weighted by Gasteiger charge is 2.35. The summed E-state index contributed by atoms with van der Waals surface area (Å²) in [5, 5.41) is 12.8. The van der Waals surface area contributed by atoms with Crippen LogP contribution in [0.1, 0.15) is 22.4 Å². The molecule has 0 saturated carbocycles. The van der Waals surface area contributed by atoms with Crippen LogP contribution in [0.3, 0.4) is 0 Å². The number of thioether (sulfide) groups is 1. The van der Waals surface area contributed by atoms with Crippen molar-refractivity contribution in [1.29, 1.82) is 5.26 Å². The molecule has 7 heteroatoms. The summed E-state index contributed by atoms with van der Waals surface area (Å²) < 4.78 is 0. The molecule has 1 saturated heterocycles. The second-order valence-corrected chi connectivity index (χ2v) is 8.55. The van der Waals surface area contributed by atoms with E-state index in [1.54, 1.807) is 40.9 Å². The molecule has 0 spiro atoms. The number of carbonyl (C=O) groups excluding carboxylic acids is 2. The van der Waals surface area contributed by atoms with E-state index >= 15 is 0 Å². The summed E-state index contributed by atoms with van der Waals surface area (Å²) in [5.74, 6) is 0.756. The first kappa shape index (κ1) is 20.9. The van der Waals surface area contributed by atoms with Gasteiger partial charge >= 0.3 is 0 Å². The minimum absolute atomic E-state index is 0.0757. The number of benzene rings is 2. The first-order valence-corrected chi connectivity index (χ1v) is 11.2. The van der Waals surface area contributed by atoms with Gasteiger partial charge < -0.3 is 10.2 Å². The number of fused-ring (bicyclic) bond motifs is 1. The number of pyridine rings is 1. The Morgan fingerprint density at radius 2 is 1.94 bits per heavy atom. The van der Waals surface area contributed by atoms with Gasteiger partial charge in [-0.15, -0.1) is 11.8 Å². The predicted molar refractivity (Wildman–Crippen MR) is 123 cm³/mol. The summed E-state index contributed by atoms with van der Waals surface area (Å²) in [6, 6.07) is 16.1. The van der Waals surface area contributed by atoms with Crippen molar-refractivity contribution in [2.45, 2.75) is 26.3 Å². The smallest absolute Gasteiger partial charge is 0.248 e. The Balaban J connectivity index is 1.51. The van der Waals surface area contributed by atoms with Gasteiger partial charge in [-0.25, -0.2) is 0 Å². The molecule has 1 aliphatic heterocycles. The van der Waals surface area contributed by atoms with Gasteiger partial charge in [0.25, 0.3) is 0 Å². The largest absolute Gasteiger partial charge is 0.324 e. The highest BCUT2D eigenvalue weighted by Crippen LogP contribution is 2.27. The Kier molecular flexibility index (Phi) is 5.92. The lowest BCUT2D eigenvalue weighted by Gasteiger charge is -2.24. The van der Waals surface area contributed by atoms with E-state index in [1.807, 2.05) is 38.1 Å². The van der Waals surface area contributed by atoms with Crippen molar-refractivity contribution >= 4 is 40.2 Å². The Morgan fingerprint density at radius 1 is 1.19 bits per heavy atom. The second kappa shape index (κ2) is 8.78. The molecule has 31 heavy (non-hydrogen) atoms. The fourth-order valence-electron chi connectivity index (χ4n) is 3.84. The molecule has 6 nitrogen and oxygen atoms in total. The van der Waals surface area contributed by atoms with Gasteiger partial charge in [-0.3, -0.25) is 14.6 Å². The van der Waals surface area contributed by atoms with Crippen molar-refractivity contribution in [2.75, 3.05) is 16.9 Å². The molecule has 1 unspecified atom stereocenters. The van der Waals surface area contributed by atoms with Crippen LogP contribution in [0, 0.1) is 25.2 Å². The van der Waals surface area contributed by atoms with E-state index < -0.39 is 6.04 Å². The summed E-state index contributed by atoms with van der Waals surface area (Å²) >= 11 is 1.57. The highest BCUT2D eigenvalue weighted by atomic mass is 32.2. The van der Waals surface area contributed by atoms with Crippen LogP contribution in [0.25, 0.3) is 10.9 Å². The van der Waals surface area contributed by atoms with Crippen molar-refractivity contribution in [2.24, 2.45) is 0 Å². The van der Waals surface area contributed by atoms with E-state index in [0.29, 0.717) is 22.9 Å². The molecule has 3 aromatic rings. The lowest BCUT2D eigenvalue weighted by Crippen LogP contribution is -2.45. The molecule has 4 rings (SSSR count). The highest BCUT2D eigenvalue weighted by molar-refractivity contribution is 7.99. The topological polar surface area (TPSA) is 86.1 Å². The van der Waals surface area contributed by atoms with Crippen molar-refractivity contribution in [1.82, 2.24) is 9.88 Å². The van der Waals surface area contributed by atoms with Gasteiger partial charge in [-0.05, 0) is 55.3 Å². The molecule has 1 aliphatic rings. The molecule has 2 heterocycles. The maximum absolute atomic E-state index is 13.2. The number of para-hydroxylation sites is 1. The standard InChI is InChI=1S/C24H22N4O2S/c1-15-19-5-3-4-6-21(19)26-16(2)20(15)11-23(29)28-14-31-13-22(28)24(30)27-18-9-7-17(12-25)8-10-18/h3-10,22H,11,13-14H2,1-2H3,(H,27,30). The summed E-state index contributed by atoms with van der Waals surface area (Å²) in [7, 11) is 0. The van der Waals surface area contributed by atoms with Crippen LogP contribution in [0.5, 0.6) is 0 Å². The molecule has 156 valence electrons. The van der Waals surface area contributed by atoms with Crippen LogP contribution < -0.4 is 5.32 Å². The second-order valence-electron chi connectivity index (χ2n) is 7.55. The molecule has 0 bridgehead atoms. The molecular formula is C24H22N4O2S.